The molecule has 2 nitrogen and oxygen atoms in total. The second kappa shape index (κ2) is 4.88. The molecule has 0 radical (unpaired) electrons. The molecule has 90 valence electrons. The lowest BCUT2D eigenvalue weighted by molar-refractivity contribution is 0.171. The van der Waals surface area contributed by atoms with Crippen LogP contribution in [0.3, 0.4) is 0 Å². The van der Waals surface area contributed by atoms with Gasteiger partial charge in [-0.3, -0.25) is 0 Å². The molecule has 0 spiro atoms. The van der Waals surface area contributed by atoms with Gasteiger partial charge in [-0.1, -0.05) is 19.9 Å². The summed E-state index contributed by atoms with van der Waals surface area (Å²) in [5.74, 6) is 0. The van der Waals surface area contributed by atoms with E-state index in [4.69, 9.17) is 0 Å². The molecular formula is C14H23NO. The van der Waals surface area contributed by atoms with Crippen LogP contribution in [0.2, 0.25) is 0 Å². The van der Waals surface area contributed by atoms with Crippen molar-refractivity contribution in [2.75, 3.05) is 18.5 Å². The highest BCUT2D eigenvalue weighted by Gasteiger charge is 2.16. The molecular weight excluding hydrogens is 198 g/mol. The molecule has 1 rings (SSSR count). The molecule has 0 aliphatic heterocycles. The van der Waals surface area contributed by atoms with E-state index in [-0.39, 0.29) is 12.0 Å². The van der Waals surface area contributed by atoms with E-state index in [1.54, 1.807) is 0 Å². The van der Waals surface area contributed by atoms with Crippen molar-refractivity contribution in [3.8, 4) is 0 Å². The zero-order chi connectivity index (χ0) is 12.3. The number of aliphatic hydroxyl groups is 1. The first-order chi connectivity index (χ1) is 7.37. The van der Waals surface area contributed by atoms with Crippen molar-refractivity contribution >= 4 is 5.69 Å². The van der Waals surface area contributed by atoms with Crippen molar-refractivity contribution in [3.05, 3.63) is 28.8 Å². The van der Waals surface area contributed by atoms with E-state index in [0.29, 0.717) is 0 Å². The molecule has 0 amide bonds. The van der Waals surface area contributed by atoms with Gasteiger partial charge in [0.1, 0.15) is 0 Å². The average Bonchev–Trinajstić information content (AvgIpc) is 2.25. The monoisotopic (exact) mass is 221 g/mol. The van der Waals surface area contributed by atoms with Gasteiger partial charge in [0.2, 0.25) is 0 Å². The number of anilines is 1. The van der Waals surface area contributed by atoms with E-state index in [2.05, 4.69) is 52.1 Å². The summed E-state index contributed by atoms with van der Waals surface area (Å²) in [6.07, 6.45) is 0. The lowest BCUT2D eigenvalue weighted by Gasteiger charge is -2.24. The zero-order valence-electron chi connectivity index (χ0n) is 11.0. The van der Waals surface area contributed by atoms with Gasteiger partial charge in [0.25, 0.3) is 0 Å². The summed E-state index contributed by atoms with van der Waals surface area (Å²) in [6, 6.07) is 4.25. The summed E-state index contributed by atoms with van der Waals surface area (Å²) < 4.78 is 0. The summed E-state index contributed by atoms with van der Waals surface area (Å²) in [7, 11) is 0. The van der Waals surface area contributed by atoms with Crippen molar-refractivity contribution in [1.29, 1.82) is 0 Å². The highest BCUT2D eigenvalue weighted by atomic mass is 16.3. The molecule has 16 heavy (non-hydrogen) atoms. The first-order valence-electron chi connectivity index (χ1n) is 5.79. The Morgan fingerprint density at radius 3 is 2.31 bits per heavy atom. The first kappa shape index (κ1) is 13.0. The molecule has 1 aromatic carbocycles. The summed E-state index contributed by atoms with van der Waals surface area (Å²) in [5.41, 5.74) is 5.06. The zero-order valence-corrected chi connectivity index (χ0v) is 11.0. The van der Waals surface area contributed by atoms with Gasteiger partial charge < -0.3 is 10.4 Å². The Morgan fingerprint density at radius 2 is 1.75 bits per heavy atom. The summed E-state index contributed by atoms with van der Waals surface area (Å²) in [5, 5.41) is 12.6. The summed E-state index contributed by atoms with van der Waals surface area (Å²) in [4.78, 5) is 0. The summed E-state index contributed by atoms with van der Waals surface area (Å²) in [6.45, 7) is 11.5. The van der Waals surface area contributed by atoms with Gasteiger partial charge in [-0.05, 0) is 43.5 Å². The van der Waals surface area contributed by atoms with Crippen LogP contribution in [0.25, 0.3) is 0 Å². The average molecular weight is 221 g/mol. The minimum Gasteiger partial charge on any atom is -0.396 e. The van der Waals surface area contributed by atoms with Crippen molar-refractivity contribution in [2.45, 2.75) is 34.6 Å². The van der Waals surface area contributed by atoms with Crippen molar-refractivity contribution in [1.82, 2.24) is 0 Å². The van der Waals surface area contributed by atoms with E-state index >= 15 is 0 Å². The van der Waals surface area contributed by atoms with Gasteiger partial charge in [0, 0.05) is 24.3 Å². The molecule has 0 fully saturated rings. The Bertz CT molecular complexity index is 369. The largest absolute Gasteiger partial charge is 0.396 e. The molecule has 0 aliphatic carbocycles. The van der Waals surface area contributed by atoms with E-state index in [1.807, 2.05) is 0 Å². The number of hydrogen-bond acceptors (Lipinski definition) is 2. The van der Waals surface area contributed by atoms with Crippen molar-refractivity contribution in [2.24, 2.45) is 5.41 Å². The number of rotatable bonds is 4. The number of nitrogens with one attached hydrogen (secondary N) is 1. The molecule has 0 atom stereocenters. The fourth-order valence-electron chi connectivity index (χ4n) is 1.54. The lowest BCUT2D eigenvalue weighted by atomic mass is 9.94. The van der Waals surface area contributed by atoms with Crippen molar-refractivity contribution in [3.63, 3.8) is 0 Å². The topological polar surface area (TPSA) is 32.3 Å². The Balaban J connectivity index is 2.80. The first-order valence-corrected chi connectivity index (χ1v) is 5.79. The number of aliphatic hydroxyl groups excluding tert-OH is 1. The van der Waals surface area contributed by atoms with Crippen LogP contribution >= 0.6 is 0 Å². The fraction of sp³-hybridized carbons (Fsp3) is 0.571. The quantitative estimate of drug-likeness (QED) is 0.819. The third-order valence-corrected chi connectivity index (χ3v) is 3.24. The van der Waals surface area contributed by atoms with Gasteiger partial charge in [-0.2, -0.15) is 0 Å². The number of hydrogen-bond donors (Lipinski definition) is 2. The molecule has 0 aliphatic rings. The molecule has 0 saturated heterocycles. The van der Waals surface area contributed by atoms with Crippen LogP contribution in [0.15, 0.2) is 12.1 Å². The van der Waals surface area contributed by atoms with Gasteiger partial charge in [0.05, 0.1) is 0 Å². The predicted molar refractivity (Wildman–Crippen MR) is 70.0 cm³/mol. The molecule has 0 unspecified atom stereocenters. The third kappa shape index (κ3) is 2.99. The van der Waals surface area contributed by atoms with E-state index < -0.39 is 0 Å². The van der Waals surface area contributed by atoms with Crippen molar-refractivity contribution < 1.29 is 5.11 Å². The molecule has 2 N–H and O–H groups in total. The number of aryl methyl sites for hydroxylation is 1. The highest BCUT2D eigenvalue weighted by molar-refractivity contribution is 5.56. The molecule has 1 aromatic rings. The molecule has 0 aromatic heterocycles. The predicted octanol–water partition coefficient (Wildman–Crippen LogP) is 3.04. The Kier molecular flexibility index (Phi) is 3.98. The van der Waals surface area contributed by atoms with Gasteiger partial charge in [0.15, 0.2) is 0 Å². The summed E-state index contributed by atoms with van der Waals surface area (Å²) >= 11 is 0. The smallest absolute Gasteiger partial charge is 0.0498 e. The normalized spacial score (nSPS) is 11.6. The van der Waals surface area contributed by atoms with Crippen LogP contribution in [-0.2, 0) is 0 Å². The van der Waals surface area contributed by atoms with Gasteiger partial charge in [-0.15, -0.1) is 0 Å². The Labute approximate surface area is 98.7 Å². The Hall–Kier alpha value is -1.02. The van der Waals surface area contributed by atoms with Gasteiger partial charge >= 0.3 is 0 Å². The van der Waals surface area contributed by atoms with Crippen LogP contribution in [-0.4, -0.2) is 18.3 Å². The lowest BCUT2D eigenvalue weighted by Crippen LogP contribution is -2.27. The van der Waals surface area contributed by atoms with Crippen LogP contribution in [0, 0.1) is 26.2 Å². The van der Waals surface area contributed by atoms with Crippen LogP contribution in [0.5, 0.6) is 0 Å². The van der Waals surface area contributed by atoms with E-state index in [0.717, 1.165) is 6.54 Å². The number of benzene rings is 1. The third-order valence-electron chi connectivity index (χ3n) is 3.24. The van der Waals surface area contributed by atoms with Crippen LogP contribution < -0.4 is 5.32 Å². The minimum atomic E-state index is -0.0781. The molecule has 2 heteroatoms. The molecule has 0 heterocycles. The maximum Gasteiger partial charge on any atom is 0.0498 e. The maximum absolute atomic E-state index is 9.20. The fourth-order valence-corrected chi connectivity index (χ4v) is 1.54. The Morgan fingerprint density at radius 1 is 1.12 bits per heavy atom. The maximum atomic E-state index is 9.20. The highest BCUT2D eigenvalue weighted by Crippen LogP contribution is 2.23. The van der Waals surface area contributed by atoms with Crippen LogP contribution in [0.4, 0.5) is 5.69 Å². The molecule has 0 bridgehead atoms. The standard InChI is InChI=1S/C14H23NO/c1-10-6-7-13(12(3)11(10)2)15-8-14(4,5)9-16/h6-7,15-16H,8-9H2,1-5H3. The minimum absolute atomic E-state index is 0.0781. The second-order valence-electron chi connectivity index (χ2n) is 5.36. The van der Waals surface area contributed by atoms with E-state index in [9.17, 15) is 5.11 Å². The van der Waals surface area contributed by atoms with Gasteiger partial charge in [-0.25, -0.2) is 0 Å². The van der Waals surface area contributed by atoms with Crippen LogP contribution in [0.1, 0.15) is 30.5 Å². The second-order valence-corrected chi connectivity index (χ2v) is 5.36. The SMILES string of the molecule is Cc1ccc(NCC(C)(C)CO)c(C)c1C. The molecule has 0 saturated carbocycles. The van der Waals surface area contributed by atoms with E-state index in [1.165, 1.54) is 22.4 Å².